The molecule has 0 aromatic carbocycles. The monoisotopic (exact) mass is 1210 g/mol. The number of amides is 1. The van der Waals surface area contributed by atoms with Gasteiger partial charge in [0.2, 0.25) is 5.91 Å². The minimum Gasteiger partial charge on any atom is -0.394 e. The molecule has 2 saturated heterocycles. The van der Waals surface area contributed by atoms with Crippen molar-refractivity contribution in [3.05, 3.63) is 48.6 Å². The average Bonchev–Trinajstić information content (AvgIpc) is 3.69. The Morgan fingerprint density at radius 2 is 0.753 bits per heavy atom. The maximum absolute atomic E-state index is 13.3. The van der Waals surface area contributed by atoms with E-state index in [0.717, 1.165) is 44.9 Å². The number of allylic oxidation sites excluding steroid dienone is 7. The van der Waals surface area contributed by atoms with E-state index in [-0.39, 0.29) is 18.9 Å². The summed E-state index contributed by atoms with van der Waals surface area (Å²) in [5.74, 6) is -0.253. The van der Waals surface area contributed by atoms with Crippen molar-refractivity contribution >= 4 is 5.91 Å². The topological polar surface area (TPSA) is 228 Å². The van der Waals surface area contributed by atoms with Crippen LogP contribution in [0.4, 0.5) is 0 Å². The molecule has 2 rings (SSSR count). The molecule has 1 amide bonds. The van der Waals surface area contributed by atoms with Crippen LogP contribution in [0.15, 0.2) is 48.6 Å². The van der Waals surface area contributed by atoms with Crippen LogP contribution in [0.3, 0.4) is 0 Å². The molecule has 2 fully saturated rings. The van der Waals surface area contributed by atoms with Gasteiger partial charge < -0.3 is 65.1 Å². The summed E-state index contributed by atoms with van der Waals surface area (Å²) in [5.41, 5.74) is 0. The van der Waals surface area contributed by atoms with Gasteiger partial charge in [-0.15, -0.1) is 0 Å². The molecule has 0 radical (unpaired) electrons. The fraction of sp³-hybridized carbons (Fsp3) is 0.873. The van der Waals surface area contributed by atoms with E-state index in [1.807, 2.05) is 6.08 Å². The lowest BCUT2D eigenvalue weighted by Crippen LogP contribution is -2.65. The van der Waals surface area contributed by atoms with Crippen molar-refractivity contribution in [2.24, 2.45) is 0 Å². The molecular weight excluding hydrogens is 1070 g/mol. The average molecular weight is 1210 g/mol. The van der Waals surface area contributed by atoms with Crippen LogP contribution in [-0.2, 0) is 23.7 Å². The Balaban J connectivity index is 1.69. The predicted molar refractivity (Wildman–Crippen MR) is 346 cm³/mol. The number of carbonyl (C=O) groups excluding carboxylic acids is 1. The Morgan fingerprint density at radius 3 is 1.15 bits per heavy atom. The molecule has 498 valence electrons. The highest BCUT2D eigenvalue weighted by Crippen LogP contribution is 2.30. The number of ether oxygens (including phenoxy) is 4. The summed E-state index contributed by atoms with van der Waals surface area (Å²) in [6, 6.07) is -0.941. The number of aliphatic hydroxyl groups excluding tert-OH is 8. The van der Waals surface area contributed by atoms with Crippen LogP contribution in [0.2, 0.25) is 0 Å². The second-order valence-corrected chi connectivity index (χ2v) is 25.0. The van der Waals surface area contributed by atoms with Gasteiger partial charge in [-0.25, -0.2) is 0 Å². The van der Waals surface area contributed by atoms with Crippen molar-refractivity contribution in [3.63, 3.8) is 0 Å². The van der Waals surface area contributed by atoms with Crippen LogP contribution >= 0.6 is 0 Å². The van der Waals surface area contributed by atoms with Crippen molar-refractivity contribution in [2.45, 2.75) is 376 Å². The van der Waals surface area contributed by atoms with Crippen LogP contribution in [0, 0.1) is 0 Å². The summed E-state index contributed by atoms with van der Waals surface area (Å²) in [6.45, 7) is 2.80. The fourth-order valence-corrected chi connectivity index (χ4v) is 11.6. The van der Waals surface area contributed by atoms with Crippen LogP contribution in [0.25, 0.3) is 0 Å². The summed E-state index contributed by atoms with van der Waals surface area (Å²) in [6.07, 6.45) is 56.1. The van der Waals surface area contributed by atoms with Crippen LogP contribution in [0.5, 0.6) is 0 Å². The van der Waals surface area contributed by atoms with Gasteiger partial charge in [-0.1, -0.05) is 274 Å². The summed E-state index contributed by atoms with van der Waals surface area (Å²) in [5, 5.41) is 87.3. The molecule has 14 heteroatoms. The Morgan fingerprint density at radius 1 is 0.412 bits per heavy atom. The van der Waals surface area contributed by atoms with Gasteiger partial charge in [0.25, 0.3) is 0 Å². The number of nitrogens with one attached hydrogen (secondary N) is 1. The number of hydrogen-bond donors (Lipinski definition) is 9. The first-order chi connectivity index (χ1) is 41.6. The smallest absolute Gasteiger partial charge is 0.220 e. The van der Waals surface area contributed by atoms with E-state index in [2.05, 4.69) is 55.6 Å². The molecule has 0 aromatic heterocycles. The molecular formula is C71H131NO13. The van der Waals surface area contributed by atoms with Gasteiger partial charge in [-0.2, -0.15) is 0 Å². The van der Waals surface area contributed by atoms with Crippen LogP contribution in [-0.4, -0.2) is 140 Å². The zero-order chi connectivity index (χ0) is 61.6. The lowest BCUT2D eigenvalue weighted by atomic mass is 9.97. The van der Waals surface area contributed by atoms with Crippen molar-refractivity contribution < 1.29 is 64.6 Å². The molecule has 85 heavy (non-hydrogen) atoms. The van der Waals surface area contributed by atoms with Crippen LogP contribution < -0.4 is 5.32 Å². The van der Waals surface area contributed by atoms with Crippen molar-refractivity contribution in [3.8, 4) is 0 Å². The third-order valence-corrected chi connectivity index (χ3v) is 17.2. The lowest BCUT2D eigenvalue weighted by molar-refractivity contribution is -0.359. The molecule has 14 nitrogen and oxygen atoms in total. The molecule has 0 saturated carbocycles. The quantitative estimate of drug-likeness (QED) is 0.0204. The maximum atomic E-state index is 13.3. The molecule has 2 aliphatic rings. The van der Waals surface area contributed by atoms with E-state index in [1.165, 1.54) is 225 Å². The molecule has 2 heterocycles. The highest BCUT2D eigenvalue weighted by Gasteiger charge is 2.51. The van der Waals surface area contributed by atoms with E-state index in [1.54, 1.807) is 6.08 Å². The summed E-state index contributed by atoms with van der Waals surface area (Å²) in [7, 11) is 0. The van der Waals surface area contributed by atoms with E-state index in [0.29, 0.717) is 12.8 Å². The minimum atomic E-state index is -1.79. The number of aliphatic hydroxyl groups is 8. The van der Waals surface area contributed by atoms with Gasteiger partial charge in [0.15, 0.2) is 12.6 Å². The minimum absolute atomic E-state index is 0.253. The second-order valence-electron chi connectivity index (χ2n) is 25.0. The van der Waals surface area contributed by atoms with E-state index >= 15 is 0 Å². The molecule has 12 unspecified atom stereocenters. The fourth-order valence-electron chi connectivity index (χ4n) is 11.6. The van der Waals surface area contributed by atoms with Gasteiger partial charge in [-0.05, 0) is 70.6 Å². The normalized spacial score (nSPS) is 23.8. The second kappa shape index (κ2) is 56.0. The van der Waals surface area contributed by atoms with Crippen molar-refractivity contribution in [2.75, 3.05) is 19.8 Å². The Labute approximate surface area is 518 Å². The molecule has 12 atom stereocenters. The van der Waals surface area contributed by atoms with Crippen molar-refractivity contribution in [1.29, 1.82) is 0 Å². The molecule has 0 bridgehead atoms. The summed E-state index contributed by atoms with van der Waals surface area (Å²) >= 11 is 0. The first-order valence-corrected chi connectivity index (χ1v) is 35.4. The largest absolute Gasteiger partial charge is 0.394 e. The molecule has 9 N–H and O–H groups in total. The van der Waals surface area contributed by atoms with E-state index < -0.39 is 86.8 Å². The number of unbranched alkanes of at least 4 members (excludes halogenated alkanes) is 39. The van der Waals surface area contributed by atoms with Gasteiger partial charge in [0.1, 0.15) is 48.8 Å². The number of carbonyl (C=O) groups is 1. The van der Waals surface area contributed by atoms with Gasteiger partial charge in [0.05, 0.1) is 32.0 Å². The molecule has 0 spiro atoms. The zero-order valence-corrected chi connectivity index (χ0v) is 54.1. The third-order valence-electron chi connectivity index (χ3n) is 17.2. The van der Waals surface area contributed by atoms with Crippen molar-refractivity contribution in [1.82, 2.24) is 5.32 Å². The molecule has 0 aliphatic carbocycles. The number of rotatable bonds is 58. The molecule has 2 aliphatic heterocycles. The maximum Gasteiger partial charge on any atom is 0.220 e. The highest BCUT2D eigenvalue weighted by molar-refractivity contribution is 5.76. The Hall–Kier alpha value is -2.05. The van der Waals surface area contributed by atoms with E-state index in [4.69, 9.17) is 18.9 Å². The lowest BCUT2D eigenvalue weighted by Gasteiger charge is -2.46. The standard InChI is InChI=1S/C71H131NO13/c1-3-5-7-9-11-13-15-17-19-21-23-24-25-26-27-28-29-30-31-32-33-34-35-37-38-40-42-44-46-48-50-52-54-60(75)59(72-63(76)55-53-51-49-47-45-43-41-39-36-22-20-18-16-14-12-10-8-6-4-2)58-82-70-68(81)66(79)69(62(57-74)84-70)85-71-67(80)65(78)64(77)61(56-73)83-71/h18,20,37-38,44,46,52,54,59-62,64-71,73-75,77-81H,3-17,19,21-36,39-43,45,47-51,53,55-58H2,1-2H3,(H,72,76)/b20-18-,38-37+,46-44+,54-52+. The highest BCUT2D eigenvalue weighted by atomic mass is 16.7. The molecule has 0 aromatic rings. The summed E-state index contributed by atoms with van der Waals surface area (Å²) < 4.78 is 22.8. The predicted octanol–water partition coefficient (Wildman–Crippen LogP) is 14.3. The Bertz CT molecular complexity index is 1610. The third kappa shape index (κ3) is 40.3. The first kappa shape index (κ1) is 79.0. The summed E-state index contributed by atoms with van der Waals surface area (Å²) in [4.78, 5) is 13.3. The number of hydrogen-bond acceptors (Lipinski definition) is 13. The van der Waals surface area contributed by atoms with E-state index in [9.17, 15) is 45.6 Å². The van der Waals surface area contributed by atoms with Crippen LogP contribution in [0.1, 0.15) is 303 Å². The first-order valence-electron chi connectivity index (χ1n) is 35.4. The van der Waals surface area contributed by atoms with Gasteiger partial charge in [0, 0.05) is 6.42 Å². The van der Waals surface area contributed by atoms with Gasteiger partial charge in [-0.3, -0.25) is 4.79 Å². The van der Waals surface area contributed by atoms with Gasteiger partial charge >= 0.3 is 0 Å². The SMILES string of the molecule is CCCCCCCC/C=C\CCCCCCCCCCCC(=O)NC(COC1OC(CO)C(OC2OC(CO)C(O)C(O)C2O)C(O)C1O)C(O)/C=C/CC/C=C/CC/C=C/CCCCCCCCCCCCCCCCCCCCCCCC. The Kier molecular flexibility index (Phi) is 52.1. The zero-order valence-electron chi connectivity index (χ0n) is 54.1.